The lowest BCUT2D eigenvalue weighted by Gasteiger charge is -2.11. The van der Waals surface area contributed by atoms with Crippen molar-refractivity contribution in [1.29, 1.82) is 0 Å². The van der Waals surface area contributed by atoms with Gasteiger partial charge in [0.1, 0.15) is 0 Å². The molecule has 4 heteroatoms. The van der Waals surface area contributed by atoms with E-state index in [1.807, 2.05) is 18.2 Å². The normalized spacial score (nSPS) is 12.9. The molecule has 0 radical (unpaired) electrons. The molecular formula is C17H26N2O2. The third kappa shape index (κ3) is 3.97. The molecule has 1 aromatic heterocycles. The number of benzene rings is 1. The molecule has 0 spiro atoms. The summed E-state index contributed by atoms with van der Waals surface area (Å²) in [5.41, 5.74) is 8.73. The van der Waals surface area contributed by atoms with Crippen molar-refractivity contribution in [3.8, 4) is 0 Å². The first kappa shape index (κ1) is 15.8. The minimum Gasteiger partial charge on any atom is -0.408 e. The highest BCUT2D eigenvalue weighted by Crippen LogP contribution is 2.22. The Hall–Kier alpha value is -1.55. The Labute approximate surface area is 125 Å². The van der Waals surface area contributed by atoms with Gasteiger partial charge in [0.25, 0.3) is 0 Å². The van der Waals surface area contributed by atoms with E-state index in [9.17, 15) is 4.79 Å². The summed E-state index contributed by atoms with van der Waals surface area (Å²) in [6.07, 6.45) is 8.62. The van der Waals surface area contributed by atoms with Crippen LogP contribution in [0.3, 0.4) is 0 Å². The quantitative estimate of drug-likeness (QED) is 0.750. The Kier molecular flexibility index (Phi) is 5.62. The number of aryl methyl sites for hydroxylation is 1. The van der Waals surface area contributed by atoms with E-state index in [1.165, 1.54) is 36.7 Å². The Balaban J connectivity index is 1.90. The summed E-state index contributed by atoms with van der Waals surface area (Å²) in [7, 11) is 1.71. The molecule has 0 bridgehead atoms. The maximum Gasteiger partial charge on any atom is 0.419 e. The first-order valence-corrected chi connectivity index (χ1v) is 7.98. The van der Waals surface area contributed by atoms with E-state index in [2.05, 4.69) is 6.92 Å². The fourth-order valence-corrected chi connectivity index (χ4v) is 2.69. The Morgan fingerprint density at radius 2 is 1.90 bits per heavy atom. The molecule has 2 N–H and O–H groups in total. The van der Waals surface area contributed by atoms with Gasteiger partial charge in [0, 0.05) is 13.1 Å². The molecule has 0 amide bonds. The second kappa shape index (κ2) is 7.46. The van der Waals surface area contributed by atoms with Crippen LogP contribution in [-0.2, 0) is 7.05 Å². The Morgan fingerprint density at radius 1 is 1.19 bits per heavy atom. The predicted molar refractivity (Wildman–Crippen MR) is 86.4 cm³/mol. The Morgan fingerprint density at radius 3 is 2.67 bits per heavy atom. The van der Waals surface area contributed by atoms with Crippen LogP contribution in [0.15, 0.2) is 27.4 Å². The molecule has 1 heterocycles. The van der Waals surface area contributed by atoms with E-state index in [-0.39, 0.29) is 11.8 Å². The number of hydrogen-bond acceptors (Lipinski definition) is 3. The van der Waals surface area contributed by atoms with Crippen molar-refractivity contribution in [1.82, 2.24) is 4.57 Å². The van der Waals surface area contributed by atoms with Crippen LogP contribution in [0.4, 0.5) is 0 Å². The molecule has 0 aliphatic rings. The third-order valence-electron chi connectivity index (χ3n) is 4.11. The van der Waals surface area contributed by atoms with Crippen molar-refractivity contribution in [2.45, 2.75) is 57.9 Å². The van der Waals surface area contributed by atoms with E-state index < -0.39 is 0 Å². The number of hydrogen-bond donors (Lipinski definition) is 1. The van der Waals surface area contributed by atoms with Gasteiger partial charge in [-0.25, -0.2) is 4.79 Å². The largest absolute Gasteiger partial charge is 0.419 e. The maximum absolute atomic E-state index is 11.5. The van der Waals surface area contributed by atoms with Crippen LogP contribution in [0, 0.1) is 0 Å². The van der Waals surface area contributed by atoms with Crippen LogP contribution in [0.1, 0.15) is 63.5 Å². The molecule has 21 heavy (non-hydrogen) atoms. The van der Waals surface area contributed by atoms with Crippen molar-refractivity contribution in [3.05, 3.63) is 34.3 Å². The minimum absolute atomic E-state index is 0.0195. The van der Waals surface area contributed by atoms with Gasteiger partial charge in [-0.15, -0.1) is 0 Å². The highest BCUT2D eigenvalue weighted by molar-refractivity contribution is 5.73. The number of aromatic nitrogens is 1. The standard InChI is InChI=1S/C17H26N2O2/c1-3-4-5-6-7-8-9-14(18)13-10-11-15-16(12-13)21-17(20)19(15)2/h10-12,14H,3-9,18H2,1-2H3. The zero-order valence-electron chi connectivity index (χ0n) is 13.1. The molecule has 0 fully saturated rings. The van der Waals surface area contributed by atoms with Crippen LogP contribution in [-0.4, -0.2) is 4.57 Å². The summed E-state index contributed by atoms with van der Waals surface area (Å²) >= 11 is 0. The molecule has 116 valence electrons. The summed E-state index contributed by atoms with van der Waals surface area (Å²) in [4.78, 5) is 11.5. The molecule has 1 atom stereocenters. The molecule has 1 unspecified atom stereocenters. The number of rotatable bonds is 8. The summed E-state index contributed by atoms with van der Waals surface area (Å²) in [5.74, 6) is -0.327. The molecule has 1 aromatic carbocycles. The molecule has 0 saturated heterocycles. The van der Waals surface area contributed by atoms with Crippen molar-refractivity contribution in [2.75, 3.05) is 0 Å². The topological polar surface area (TPSA) is 61.2 Å². The summed E-state index contributed by atoms with van der Waals surface area (Å²) in [6.45, 7) is 2.23. The van der Waals surface area contributed by atoms with E-state index in [0.717, 1.165) is 23.9 Å². The van der Waals surface area contributed by atoms with E-state index in [1.54, 1.807) is 7.05 Å². The van der Waals surface area contributed by atoms with Gasteiger partial charge in [-0.2, -0.15) is 0 Å². The zero-order valence-corrected chi connectivity index (χ0v) is 13.1. The summed E-state index contributed by atoms with van der Waals surface area (Å²) in [5, 5.41) is 0. The SMILES string of the molecule is CCCCCCCCC(N)c1ccc2c(c1)oc(=O)n2C. The van der Waals surface area contributed by atoms with Gasteiger partial charge in [-0.1, -0.05) is 51.5 Å². The number of fused-ring (bicyclic) bond motifs is 1. The van der Waals surface area contributed by atoms with Gasteiger partial charge in [0.05, 0.1) is 5.52 Å². The number of nitrogens with zero attached hydrogens (tertiary/aromatic N) is 1. The second-order valence-electron chi connectivity index (χ2n) is 5.82. The fourth-order valence-electron chi connectivity index (χ4n) is 2.69. The molecule has 0 aliphatic heterocycles. The maximum atomic E-state index is 11.5. The van der Waals surface area contributed by atoms with Crippen LogP contribution in [0.2, 0.25) is 0 Å². The van der Waals surface area contributed by atoms with Crippen LogP contribution in [0.25, 0.3) is 11.1 Å². The predicted octanol–water partition coefficient (Wildman–Crippen LogP) is 3.88. The Bertz CT molecular complexity index is 627. The monoisotopic (exact) mass is 290 g/mol. The van der Waals surface area contributed by atoms with Crippen molar-refractivity contribution < 1.29 is 4.42 Å². The number of nitrogens with two attached hydrogens (primary N) is 1. The first-order chi connectivity index (χ1) is 10.1. The van der Waals surface area contributed by atoms with E-state index >= 15 is 0 Å². The van der Waals surface area contributed by atoms with Crippen molar-refractivity contribution in [3.63, 3.8) is 0 Å². The van der Waals surface area contributed by atoms with Crippen LogP contribution >= 0.6 is 0 Å². The lowest BCUT2D eigenvalue weighted by Crippen LogP contribution is -2.10. The van der Waals surface area contributed by atoms with E-state index in [0.29, 0.717) is 5.58 Å². The summed E-state index contributed by atoms with van der Waals surface area (Å²) in [6, 6.07) is 5.83. The average molecular weight is 290 g/mol. The highest BCUT2D eigenvalue weighted by atomic mass is 16.4. The number of unbranched alkanes of at least 4 members (excludes halogenated alkanes) is 5. The van der Waals surface area contributed by atoms with Gasteiger partial charge >= 0.3 is 5.76 Å². The smallest absolute Gasteiger partial charge is 0.408 e. The fraction of sp³-hybridized carbons (Fsp3) is 0.588. The van der Waals surface area contributed by atoms with Gasteiger partial charge in [0.15, 0.2) is 5.58 Å². The third-order valence-corrected chi connectivity index (χ3v) is 4.11. The van der Waals surface area contributed by atoms with Gasteiger partial charge < -0.3 is 10.2 Å². The van der Waals surface area contributed by atoms with Crippen LogP contribution < -0.4 is 11.5 Å². The first-order valence-electron chi connectivity index (χ1n) is 7.98. The molecule has 0 saturated carbocycles. The minimum atomic E-state index is -0.327. The molecule has 2 aromatic rings. The average Bonchev–Trinajstić information content (AvgIpc) is 2.77. The lowest BCUT2D eigenvalue weighted by atomic mass is 10.00. The van der Waals surface area contributed by atoms with Crippen molar-refractivity contribution in [2.24, 2.45) is 12.8 Å². The van der Waals surface area contributed by atoms with Gasteiger partial charge in [-0.05, 0) is 24.1 Å². The van der Waals surface area contributed by atoms with Crippen LogP contribution in [0.5, 0.6) is 0 Å². The van der Waals surface area contributed by atoms with E-state index in [4.69, 9.17) is 10.2 Å². The molecule has 0 aliphatic carbocycles. The zero-order chi connectivity index (χ0) is 15.2. The molecule has 2 rings (SSSR count). The number of oxazole rings is 1. The second-order valence-corrected chi connectivity index (χ2v) is 5.82. The summed E-state index contributed by atoms with van der Waals surface area (Å²) < 4.78 is 6.72. The molecule has 4 nitrogen and oxygen atoms in total. The molecular weight excluding hydrogens is 264 g/mol. The highest BCUT2D eigenvalue weighted by Gasteiger charge is 2.10. The van der Waals surface area contributed by atoms with Gasteiger partial charge in [-0.3, -0.25) is 4.57 Å². The van der Waals surface area contributed by atoms with Crippen molar-refractivity contribution >= 4 is 11.1 Å². The van der Waals surface area contributed by atoms with Gasteiger partial charge in [0.2, 0.25) is 0 Å². The lowest BCUT2D eigenvalue weighted by molar-refractivity contribution is 0.526.